The van der Waals surface area contributed by atoms with Crippen molar-refractivity contribution in [2.45, 2.75) is 146 Å². The third-order valence-electron chi connectivity index (χ3n) is 11.5. The lowest BCUT2D eigenvalue weighted by atomic mass is 9.37. The second-order valence-electron chi connectivity index (χ2n) is 15.7. The van der Waals surface area contributed by atoms with E-state index in [4.69, 9.17) is 14.2 Å². The van der Waals surface area contributed by atoms with Crippen LogP contribution < -0.4 is 0 Å². The van der Waals surface area contributed by atoms with Gasteiger partial charge in [0.05, 0.1) is 29.8 Å². The maximum Gasteiger partial charge on any atom is 0.428 e. The summed E-state index contributed by atoms with van der Waals surface area (Å²) in [7, 11) is 0. The van der Waals surface area contributed by atoms with Gasteiger partial charge in [-0.1, -0.05) is 6.92 Å². The quantitative estimate of drug-likeness (QED) is 0.166. The zero-order valence-corrected chi connectivity index (χ0v) is 27.5. The minimum atomic E-state index is -6.21. The van der Waals surface area contributed by atoms with E-state index < -0.39 is 94.1 Å². The molecule has 4 aliphatic rings. The van der Waals surface area contributed by atoms with E-state index in [9.17, 15) is 67.7 Å². The lowest BCUT2D eigenvalue weighted by molar-refractivity contribution is -0.392. The molecule has 0 aromatic heterocycles. The molecule has 0 aliphatic heterocycles. The minimum absolute atomic E-state index is 0.0693. The van der Waals surface area contributed by atoms with E-state index in [1.165, 1.54) is 27.7 Å². The highest BCUT2D eigenvalue weighted by Crippen LogP contribution is 2.73. The van der Waals surface area contributed by atoms with Crippen LogP contribution in [0.1, 0.15) is 93.4 Å². The van der Waals surface area contributed by atoms with Crippen molar-refractivity contribution in [3.05, 3.63) is 0 Å². The van der Waals surface area contributed by atoms with Crippen molar-refractivity contribution in [2.24, 2.45) is 22.2 Å². The third kappa shape index (κ3) is 6.53. The molecule has 4 bridgehead atoms. The van der Waals surface area contributed by atoms with Crippen LogP contribution in [0.25, 0.3) is 0 Å². The first-order valence-corrected chi connectivity index (χ1v) is 15.2. The first-order chi connectivity index (χ1) is 21.0. The van der Waals surface area contributed by atoms with Gasteiger partial charge in [-0.15, -0.1) is 0 Å². The summed E-state index contributed by atoms with van der Waals surface area (Å²) < 4.78 is 179. The summed E-state index contributed by atoms with van der Waals surface area (Å²) in [6, 6.07) is 0. The topological polar surface area (TPSA) is 85.2 Å². The number of esters is 1. The number of ether oxygens (including phenoxy) is 3. The van der Waals surface area contributed by atoms with Crippen LogP contribution in [0.3, 0.4) is 0 Å². The lowest BCUT2D eigenvalue weighted by Gasteiger charge is -2.71. The summed E-state index contributed by atoms with van der Waals surface area (Å²) in [4.78, 5) is 13.4. The zero-order valence-electron chi connectivity index (χ0n) is 27.5. The van der Waals surface area contributed by atoms with Gasteiger partial charge in [-0.2, -0.15) is 52.7 Å². The number of rotatable bonds is 11. The largest absolute Gasteiger partial charge is 0.459 e. The lowest BCUT2D eigenvalue weighted by Crippen LogP contribution is -2.72. The average Bonchev–Trinajstić information content (AvgIpc) is 2.86. The highest BCUT2D eigenvalue weighted by Gasteiger charge is 2.76. The van der Waals surface area contributed by atoms with E-state index in [1.807, 2.05) is 0 Å². The Labute approximate surface area is 269 Å². The highest BCUT2D eigenvalue weighted by molar-refractivity contribution is 5.76. The number of hydrogen-bond donors (Lipinski definition) is 2. The van der Waals surface area contributed by atoms with E-state index >= 15 is 0 Å². The Balaban J connectivity index is 2.13. The van der Waals surface area contributed by atoms with Gasteiger partial charge in [-0.3, -0.25) is 4.79 Å². The van der Waals surface area contributed by atoms with Gasteiger partial charge in [0.25, 0.3) is 11.2 Å². The molecule has 0 saturated heterocycles. The molecule has 0 aromatic carbocycles. The zero-order chi connectivity index (χ0) is 37.6. The molecule has 4 rings (SSSR count). The van der Waals surface area contributed by atoms with Crippen LogP contribution >= 0.6 is 0 Å². The molecule has 0 radical (unpaired) electrons. The fourth-order valence-electron chi connectivity index (χ4n) is 7.81. The molecule has 2 atom stereocenters. The molecule has 0 amide bonds. The van der Waals surface area contributed by atoms with Crippen molar-refractivity contribution in [3.8, 4) is 0 Å². The predicted octanol–water partition coefficient (Wildman–Crippen LogP) is 7.98. The van der Waals surface area contributed by atoms with Crippen molar-refractivity contribution in [1.29, 1.82) is 0 Å². The summed E-state index contributed by atoms with van der Waals surface area (Å²) >= 11 is 0. The molecule has 2 N–H and O–H groups in total. The predicted molar refractivity (Wildman–Crippen MR) is 143 cm³/mol. The second kappa shape index (κ2) is 11.5. The Kier molecular flexibility index (Phi) is 9.79. The second-order valence-corrected chi connectivity index (χ2v) is 15.7. The average molecular weight is 727 g/mol. The van der Waals surface area contributed by atoms with Crippen LogP contribution in [0, 0.1) is 22.2 Å². The molecule has 6 nitrogen and oxygen atoms in total. The Morgan fingerprint density at radius 1 is 0.625 bits per heavy atom. The summed E-state index contributed by atoms with van der Waals surface area (Å²) in [5.74, 6) is -1.26. The normalized spacial score (nSPS) is 29.4. The molecule has 0 spiro atoms. The van der Waals surface area contributed by atoms with Crippen molar-refractivity contribution in [1.82, 2.24) is 0 Å². The number of hydrogen-bond acceptors (Lipinski definition) is 6. The fraction of sp³-hybridized carbons (Fsp3) is 0.967. The van der Waals surface area contributed by atoms with Gasteiger partial charge in [-0.25, -0.2) is 0 Å². The summed E-state index contributed by atoms with van der Waals surface area (Å²) in [5, 5.41) is 19.6. The van der Waals surface area contributed by atoms with Gasteiger partial charge in [0.15, 0.2) is 0 Å². The summed E-state index contributed by atoms with van der Waals surface area (Å²) in [5.41, 5.74) is -20.1. The van der Waals surface area contributed by atoms with Gasteiger partial charge in [0.1, 0.15) is 5.60 Å². The van der Waals surface area contributed by atoms with Crippen molar-refractivity contribution in [3.63, 3.8) is 0 Å². The first kappa shape index (κ1) is 40.9. The molecule has 282 valence electrons. The Morgan fingerprint density at radius 2 is 0.958 bits per heavy atom. The molecule has 0 aromatic rings. The van der Waals surface area contributed by atoms with Crippen LogP contribution in [0.2, 0.25) is 0 Å². The molecule has 48 heavy (non-hydrogen) atoms. The van der Waals surface area contributed by atoms with E-state index in [0.29, 0.717) is 0 Å². The highest BCUT2D eigenvalue weighted by atomic mass is 19.4. The summed E-state index contributed by atoms with van der Waals surface area (Å²) in [6.07, 6.45) is -24.9. The van der Waals surface area contributed by atoms with Crippen LogP contribution in [0.4, 0.5) is 52.7 Å². The van der Waals surface area contributed by atoms with Gasteiger partial charge < -0.3 is 24.4 Å². The van der Waals surface area contributed by atoms with E-state index in [2.05, 4.69) is 0 Å². The SMILES string of the molecule is CCC(C)(C)C(=O)OC12CC3CC(C(C)(C)OCC(O)(C(F)(F)F)C(F)(F)F)(C1)CC(C(C)(C)OCC(O)(C(F)(F)F)C(F)(F)F)(C3)C2. The van der Waals surface area contributed by atoms with Gasteiger partial charge in [0.2, 0.25) is 0 Å². The molecule has 18 heteroatoms. The fourth-order valence-corrected chi connectivity index (χ4v) is 7.81. The van der Waals surface area contributed by atoms with E-state index in [-0.39, 0.29) is 44.9 Å². The van der Waals surface area contributed by atoms with Crippen LogP contribution in [-0.4, -0.2) is 82.1 Å². The van der Waals surface area contributed by atoms with E-state index in [1.54, 1.807) is 20.8 Å². The minimum Gasteiger partial charge on any atom is -0.459 e. The van der Waals surface area contributed by atoms with Crippen molar-refractivity contribution >= 4 is 5.97 Å². The van der Waals surface area contributed by atoms with Crippen LogP contribution in [0.5, 0.6) is 0 Å². The number of alkyl halides is 12. The Morgan fingerprint density at radius 3 is 1.25 bits per heavy atom. The van der Waals surface area contributed by atoms with Gasteiger partial charge in [-0.05, 0) is 92.4 Å². The van der Waals surface area contributed by atoms with Gasteiger partial charge in [0, 0.05) is 10.8 Å². The number of carbonyl (C=O) groups excluding carboxylic acids is 1. The van der Waals surface area contributed by atoms with Crippen molar-refractivity contribution in [2.75, 3.05) is 13.2 Å². The molecule has 4 saturated carbocycles. The maximum atomic E-state index is 13.5. The van der Waals surface area contributed by atoms with Crippen LogP contribution in [0.15, 0.2) is 0 Å². The van der Waals surface area contributed by atoms with Crippen molar-refractivity contribution < 1.29 is 81.9 Å². The number of aliphatic hydroxyl groups is 2. The molecular weight excluding hydrogens is 684 g/mol. The molecule has 4 aliphatic carbocycles. The third-order valence-corrected chi connectivity index (χ3v) is 11.5. The summed E-state index contributed by atoms with van der Waals surface area (Å²) in [6.45, 7) is 4.93. The molecule has 2 unspecified atom stereocenters. The van der Waals surface area contributed by atoms with Crippen LogP contribution in [-0.2, 0) is 19.0 Å². The smallest absolute Gasteiger partial charge is 0.428 e. The Bertz CT molecular complexity index is 1120. The Hall–Kier alpha value is -1.53. The first-order valence-electron chi connectivity index (χ1n) is 15.2. The van der Waals surface area contributed by atoms with E-state index in [0.717, 1.165) is 0 Å². The number of halogens is 12. The standard InChI is InChI=1S/C30H42F12O6/c1-8-19(2,3)18(43)48-24-11-17-9-22(13-24,20(4,5)46-15-25(44,27(31,32)33)28(34,35)36)12-23(10-17,14-24)21(6,7)47-16-26(45,29(37,38)39)30(40,41)42/h17,44-45H,8-16H2,1-7H3. The molecular formula is C30H42F12O6. The molecule has 4 fully saturated rings. The van der Waals surface area contributed by atoms with Gasteiger partial charge >= 0.3 is 30.7 Å². The monoisotopic (exact) mass is 726 g/mol. The molecule has 0 heterocycles. The maximum absolute atomic E-state index is 13.5. The number of carbonyl (C=O) groups is 1.